The third-order valence-corrected chi connectivity index (χ3v) is 5.77. The van der Waals surface area contributed by atoms with E-state index in [0.717, 1.165) is 49.7 Å². The lowest BCUT2D eigenvalue weighted by molar-refractivity contribution is 0.0773. The summed E-state index contributed by atoms with van der Waals surface area (Å²) in [5.74, 6) is 0.901. The van der Waals surface area contributed by atoms with Crippen molar-refractivity contribution in [2.24, 2.45) is 7.05 Å². The van der Waals surface area contributed by atoms with Crippen molar-refractivity contribution in [3.05, 3.63) is 30.4 Å². The summed E-state index contributed by atoms with van der Waals surface area (Å²) in [5, 5.41) is 0. The fourth-order valence-electron chi connectivity index (χ4n) is 4.00. The van der Waals surface area contributed by atoms with Gasteiger partial charge in [0.1, 0.15) is 5.69 Å². The van der Waals surface area contributed by atoms with Gasteiger partial charge in [0.25, 0.3) is 5.91 Å². The van der Waals surface area contributed by atoms with E-state index in [-0.39, 0.29) is 5.91 Å². The van der Waals surface area contributed by atoms with Crippen molar-refractivity contribution in [3.63, 3.8) is 0 Å². The van der Waals surface area contributed by atoms with Gasteiger partial charge in [0.15, 0.2) is 0 Å². The van der Waals surface area contributed by atoms with Gasteiger partial charge in [-0.1, -0.05) is 0 Å². The zero-order valence-corrected chi connectivity index (χ0v) is 16.4. The Morgan fingerprint density at radius 2 is 1.81 bits per heavy atom. The maximum atomic E-state index is 13.0. The minimum absolute atomic E-state index is 0.0997. The maximum absolute atomic E-state index is 13.0. The van der Waals surface area contributed by atoms with Gasteiger partial charge in [-0.05, 0) is 39.4 Å². The summed E-state index contributed by atoms with van der Waals surface area (Å²) < 4.78 is 1.91. The number of carbonyl (C=O) groups excluding carboxylic acids is 1. The van der Waals surface area contributed by atoms with E-state index in [1.54, 1.807) is 0 Å². The number of aromatic nitrogens is 3. The van der Waals surface area contributed by atoms with Crippen LogP contribution in [0.5, 0.6) is 0 Å². The number of aryl methyl sites for hydroxylation is 1. The normalized spacial score (nSPS) is 20.1. The fourth-order valence-corrected chi connectivity index (χ4v) is 4.00. The van der Waals surface area contributed by atoms with Crippen LogP contribution < -0.4 is 4.90 Å². The Kier molecular flexibility index (Phi) is 4.86. The maximum Gasteiger partial charge on any atom is 0.270 e. The molecular weight excluding hydrogens is 340 g/mol. The minimum Gasteiger partial charge on any atom is -0.346 e. The van der Waals surface area contributed by atoms with E-state index in [1.165, 1.54) is 12.8 Å². The molecule has 27 heavy (non-hydrogen) atoms. The van der Waals surface area contributed by atoms with Crippen LogP contribution >= 0.6 is 0 Å². The van der Waals surface area contributed by atoms with Gasteiger partial charge >= 0.3 is 0 Å². The Labute approximate surface area is 160 Å². The summed E-state index contributed by atoms with van der Waals surface area (Å²) in [7, 11) is 6.08. The molecule has 4 rings (SSSR count). The number of rotatable bonds is 4. The lowest BCUT2D eigenvalue weighted by Gasteiger charge is -2.20. The van der Waals surface area contributed by atoms with Gasteiger partial charge in [-0.15, -0.1) is 0 Å². The van der Waals surface area contributed by atoms with Crippen molar-refractivity contribution in [1.82, 2.24) is 24.3 Å². The summed E-state index contributed by atoms with van der Waals surface area (Å²) in [6.07, 6.45) is 9.16. The molecule has 2 aromatic rings. The van der Waals surface area contributed by atoms with Crippen molar-refractivity contribution >= 4 is 11.9 Å². The number of likely N-dealkylation sites (N-methyl/N-ethyl adjacent to an activating group) is 1. The molecule has 2 fully saturated rings. The molecule has 2 aliphatic rings. The number of hydrogen-bond acceptors (Lipinski definition) is 5. The fraction of sp³-hybridized carbons (Fsp3) is 0.550. The van der Waals surface area contributed by atoms with E-state index in [0.29, 0.717) is 11.7 Å². The molecule has 1 atom stereocenters. The molecule has 0 saturated carbocycles. The highest BCUT2D eigenvalue weighted by molar-refractivity contribution is 5.94. The van der Waals surface area contributed by atoms with Crippen LogP contribution in [0.25, 0.3) is 11.1 Å². The first kappa shape index (κ1) is 18.0. The first-order valence-electron chi connectivity index (χ1n) is 9.72. The molecule has 144 valence electrons. The Morgan fingerprint density at radius 3 is 2.44 bits per heavy atom. The van der Waals surface area contributed by atoms with Gasteiger partial charge in [-0.2, -0.15) is 0 Å². The van der Waals surface area contributed by atoms with E-state index in [1.807, 2.05) is 41.2 Å². The highest BCUT2D eigenvalue weighted by Gasteiger charge is 2.29. The molecule has 0 radical (unpaired) electrons. The zero-order chi connectivity index (χ0) is 19.0. The SMILES string of the molecule is CN(C)[C@@H]1CCN(C(=O)c2cc(-c3cnc(N4CCCC4)nc3)cn2C)C1. The van der Waals surface area contributed by atoms with E-state index >= 15 is 0 Å². The molecule has 7 nitrogen and oxygen atoms in total. The molecule has 1 amide bonds. The Hall–Kier alpha value is -2.41. The summed E-state index contributed by atoms with van der Waals surface area (Å²) in [4.78, 5) is 28.4. The lowest BCUT2D eigenvalue weighted by atomic mass is 10.2. The molecule has 0 aliphatic carbocycles. The number of carbonyl (C=O) groups is 1. The van der Waals surface area contributed by atoms with Gasteiger partial charge in [-0.3, -0.25) is 4.79 Å². The molecular formula is C20H28N6O. The molecule has 2 saturated heterocycles. The van der Waals surface area contributed by atoms with Crippen molar-refractivity contribution in [2.75, 3.05) is 45.2 Å². The summed E-state index contributed by atoms with van der Waals surface area (Å²) in [6, 6.07) is 2.40. The van der Waals surface area contributed by atoms with Gasteiger partial charge in [0, 0.05) is 69.0 Å². The second-order valence-corrected chi connectivity index (χ2v) is 7.85. The van der Waals surface area contributed by atoms with Crippen LogP contribution in [0.1, 0.15) is 29.8 Å². The Bertz CT molecular complexity index is 806. The summed E-state index contributed by atoms with van der Waals surface area (Å²) >= 11 is 0. The minimum atomic E-state index is 0.0997. The smallest absolute Gasteiger partial charge is 0.270 e. The highest BCUT2D eigenvalue weighted by Crippen LogP contribution is 2.24. The largest absolute Gasteiger partial charge is 0.346 e. The first-order valence-corrected chi connectivity index (χ1v) is 9.72. The average Bonchev–Trinajstić information content (AvgIpc) is 3.41. The van der Waals surface area contributed by atoms with Gasteiger partial charge in [0.05, 0.1) is 0 Å². The number of anilines is 1. The van der Waals surface area contributed by atoms with Crippen molar-refractivity contribution in [2.45, 2.75) is 25.3 Å². The first-order chi connectivity index (χ1) is 13.0. The molecule has 0 unspecified atom stereocenters. The van der Waals surface area contributed by atoms with Crippen LogP contribution in [-0.2, 0) is 7.05 Å². The highest BCUT2D eigenvalue weighted by atomic mass is 16.2. The third kappa shape index (κ3) is 3.56. The topological polar surface area (TPSA) is 57.5 Å². The quantitative estimate of drug-likeness (QED) is 0.824. The van der Waals surface area contributed by atoms with Gasteiger partial charge < -0.3 is 19.3 Å². The zero-order valence-electron chi connectivity index (χ0n) is 16.4. The van der Waals surface area contributed by atoms with Crippen molar-refractivity contribution in [3.8, 4) is 11.1 Å². The molecule has 0 N–H and O–H groups in total. The molecule has 7 heteroatoms. The lowest BCUT2D eigenvalue weighted by Crippen LogP contribution is -2.35. The van der Waals surface area contributed by atoms with Gasteiger partial charge in [-0.25, -0.2) is 9.97 Å². The van der Waals surface area contributed by atoms with Crippen LogP contribution in [-0.4, -0.2) is 76.6 Å². The number of nitrogens with zero attached hydrogens (tertiary/aromatic N) is 6. The standard InChI is InChI=1S/C20H28N6O/c1-23(2)17-6-9-26(14-17)19(27)18-10-15(13-24(18)3)16-11-21-20(22-12-16)25-7-4-5-8-25/h10-13,17H,4-9,14H2,1-3H3/t17-/m1/s1. The van der Waals surface area contributed by atoms with Crippen LogP contribution in [0.2, 0.25) is 0 Å². The Balaban J connectivity index is 1.50. The third-order valence-electron chi connectivity index (χ3n) is 5.77. The monoisotopic (exact) mass is 368 g/mol. The van der Waals surface area contributed by atoms with Crippen molar-refractivity contribution in [1.29, 1.82) is 0 Å². The second-order valence-electron chi connectivity index (χ2n) is 7.85. The predicted molar refractivity (Wildman–Crippen MR) is 106 cm³/mol. The molecule has 4 heterocycles. The van der Waals surface area contributed by atoms with E-state index in [2.05, 4.69) is 33.9 Å². The van der Waals surface area contributed by atoms with Crippen LogP contribution in [0.4, 0.5) is 5.95 Å². The molecule has 0 aromatic carbocycles. The van der Waals surface area contributed by atoms with E-state index in [9.17, 15) is 4.79 Å². The van der Waals surface area contributed by atoms with Crippen LogP contribution in [0.15, 0.2) is 24.7 Å². The number of likely N-dealkylation sites (tertiary alicyclic amines) is 1. The van der Waals surface area contributed by atoms with Crippen LogP contribution in [0.3, 0.4) is 0 Å². The Morgan fingerprint density at radius 1 is 1.11 bits per heavy atom. The summed E-state index contributed by atoms with van der Waals surface area (Å²) in [6.45, 7) is 3.68. The molecule has 0 spiro atoms. The predicted octanol–water partition coefficient (Wildman–Crippen LogP) is 1.86. The number of hydrogen-bond donors (Lipinski definition) is 0. The van der Waals surface area contributed by atoms with Crippen LogP contribution in [0, 0.1) is 0 Å². The average molecular weight is 368 g/mol. The molecule has 2 aliphatic heterocycles. The molecule has 2 aromatic heterocycles. The number of amides is 1. The molecule has 0 bridgehead atoms. The second kappa shape index (κ2) is 7.31. The van der Waals surface area contributed by atoms with E-state index < -0.39 is 0 Å². The summed E-state index contributed by atoms with van der Waals surface area (Å²) in [5.41, 5.74) is 2.64. The van der Waals surface area contributed by atoms with E-state index in [4.69, 9.17) is 0 Å². The van der Waals surface area contributed by atoms with Crippen molar-refractivity contribution < 1.29 is 4.79 Å². The van der Waals surface area contributed by atoms with Gasteiger partial charge in [0.2, 0.25) is 5.95 Å².